The zero-order valence-electron chi connectivity index (χ0n) is 16.8. The third kappa shape index (κ3) is 4.84. The van der Waals surface area contributed by atoms with Crippen molar-refractivity contribution in [3.8, 4) is 11.4 Å². The number of nitrogens with zero attached hydrogens (tertiary/aromatic N) is 5. The lowest BCUT2D eigenvalue weighted by Crippen LogP contribution is -2.45. The molecule has 3 aromatic rings. The average Bonchev–Trinajstić information content (AvgIpc) is 3.29. The summed E-state index contributed by atoms with van der Waals surface area (Å²) in [5.41, 5.74) is 3.39. The molecule has 2 aromatic carbocycles. The number of rotatable bonds is 6. The van der Waals surface area contributed by atoms with Crippen LogP contribution in [0.15, 0.2) is 60.9 Å². The summed E-state index contributed by atoms with van der Waals surface area (Å²) in [6, 6.07) is 18.3. The monoisotopic (exact) mass is 406 g/mol. The van der Waals surface area contributed by atoms with Crippen LogP contribution in [-0.2, 0) is 6.54 Å². The van der Waals surface area contributed by atoms with E-state index in [2.05, 4.69) is 67.7 Å². The summed E-state index contributed by atoms with van der Waals surface area (Å²) in [5, 5.41) is 15.6. The number of carbonyl (C=O) groups is 1. The molecule has 156 valence electrons. The van der Waals surface area contributed by atoms with Gasteiger partial charge in [0.05, 0.1) is 6.61 Å². The van der Waals surface area contributed by atoms with Crippen molar-refractivity contribution in [3.05, 3.63) is 66.5 Å². The highest BCUT2D eigenvalue weighted by Gasteiger charge is 2.17. The Kier molecular flexibility index (Phi) is 6.36. The summed E-state index contributed by atoms with van der Waals surface area (Å²) in [6.45, 7) is 5.11. The zero-order valence-corrected chi connectivity index (χ0v) is 16.8. The van der Waals surface area contributed by atoms with Crippen LogP contribution in [0.2, 0.25) is 0 Å². The lowest BCUT2D eigenvalue weighted by molar-refractivity contribution is 0.233. The highest BCUT2D eigenvalue weighted by atomic mass is 16.3. The van der Waals surface area contributed by atoms with Crippen molar-refractivity contribution < 1.29 is 9.90 Å². The molecule has 1 fully saturated rings. The van der Waals surface area contributed by atoms with Crippen molar-refractivity contribution in [3.63, 3.8) is 0 Å². The van der Waals surface area contributed by atoms with E-state index in [0.29, 0.717) is 5.82 Å². The van der Waals surface area contributed by atoms with E-state index in [1.165, 1.54) is 17.6 Å². The fourth-order valence-electron chi connectivity index (χ4n) is 3.56. The first kappa shape index (κ1) is 20.1. The number of hydrogen-bond acceptors (Lipinski definition) is 6. The van der Waals surface area contributed by atoms with E-state index in [1.807, 2.05) is 12.1 Å². The van der Waals surface area contributed by atoms with Gasteiger partial charge in [-0.3, -0.25) is 4.90 Å². The summed E-state index contributed by atoms with van der Waals surface area (Å²) >= 11 is 0. The van der Waals surface area contributed by atoms with E-state index in [4.69, 9.17) is 5.11 Å². The van der Waals surface area contributed by atoms with Gasteiger partial charge in [-0.15, -0.1) is 5.10 Å². The molecule has 1 aromatic heterocycles. The van der Waals surface area contributed by atoms with Gasteiger partial charge in [-0.1, -0.05) is 30.3 Å². The molecule has 0 radical (unpaired) electrons. The van der Waals surface area contributed by atoms with Crippen molar-refractivity contribution >= 4 is 11.7 Å². The minimum atomic E-state index is -0.409. The summed E-state index contributed by atoms with van der Waals surface area (Å²) in [5.74, 6) is 0.494. The summed E-state index contributed by atoms with van der Waals surface area (Å²) < 4.78 is 1.14. The second-order valence-electron chi connectivity index (χ2n) is 7.26. The molecule has 8 heteroatoms. The molecule has 0 atom stereocenters. The Labute approximate surface area is 175 Å². The number of benzene rings is 2. The quantitative estimate of drug-likeness (QED) is 0.649. The smallest absolute Gasteiger partial charge is 0.343 e. The van der Waals surface area contributed by atoms with Gasteiger partial charge in [-0.05, 0) is 29.8 Å². The molecule has 2 heterocycles. The van der Waals surface area contributed by atoms with Crippen LogP contribution < -0.4 is 10.2 Å². The highest BCUT2D eigenvalue weighted by Crippen LogP contribution is 2.22. The summed E-state index contributed by atoms with van der Waals surface area (Å²) in [4.78, 5) is 21.0. The van der Waals surface area contributed by atoms with Gasteiger partial charge in [0, 0.05) is 50.5 Å². The lowest BCUT2D eigenvalue weighted by Gasteiger charge is -2.36. The van der Waals surface area contributed by atoms with E-state index in [0.717, 1.165) is 43.0 Å². The van der Waals surface area contributed by atoms with E-state index < -0.39 is 6.03 Å². The molecule has 0 spiro atoms. The van der Waals surface area contributed by atoms with Crippen molar-refractivity contribution in [2.45, 2.75) is 6.54 Å². The Balaban J connectivity index is 1.33. The maximum Gasteiger partial charge on any atom is 0.343 e. The summed E-state index contributed by atoms with van der Waals surface area (Å²) in [6.07, 6.45) is 1.38. The van der Waals surface area contributed by atoms with Crippen LogP contribution in [0.4, 0.5) is 10.5 Å². The number of hydrogen-bond donors (Lipinski definition) is 2. The first-order valence-corrected chi connectivity index (χ1v) is 10.2. The standard InChI is InChI=1S/C22H26N6O2/c29-15-10-23-22(30)28-17-24-21(25-28)19-6-8-20(9-7-19)27-13-11-26(12-14-27)16-18-4-2-1-3-5-18/h1-9,17,29H,10-16H2,(H,23,30). The largest absolute Gasteiger partial charge is 0.395 e. The van der Waals surface area contributed by atoms with Crippen LogP contribution in [0.25, 0.3) is 11.4 Å². The van der Waals surface area contributed by atoms with Crippen molar-refractivity contribution in [2.24, 2.45) is 0 Å². The number of nitrogens with one attached hydrogen (secondary N) is 1. The minimum Gasteiger partial charge on any atom is -0.395 e. The van der Waals surface area contributed by atoms with Gasteiger partial charge >= 0.3 is 6.03 Å². The summed E-state index contributed by atoms with van der Waals surface area (Å²) in [7, 11) is 0. The molecule has 0 aliphatic carbocycles. The number of piperazine rings is 1. The highest BCUT2D eigenvalue weighted by molar-refractivity contribution is 5.76. The van der Waals surface area contributed by atoms with Crippen molar-refractivity contribution in [1.29, 1.82) is 0 Å². The molecule has 0 unspecified atom stereocenters. The first-order chi connectivity index (χ1) is 14.7. The molecule has 1 aliphatic heterocycles. The van der Waals surface area contributed by atoms with Crippen LogP contribution in [0.1, 0.15) is 5.56 Å². The Morgan fingerprint density at radius 1 is 1.00 bits per heavy atom. The topological polar surface area (TPSA) is 86.5 Å². The molecule has 8 nitrogen and oxygen atoms in total. The van der Waals surface area contributed by atoms with Gasteiger partial charge in [-0.25, -0.2) is 9.78 Å². The number of carbonyl (C=O) groups excluding carboxylic acids is 1. The van der Waals surface area contributed by atoms with Gasteiger partial charge in [0.25, 0.3) is 0 Å². The molecule has 0 bridgehead atoms. The predicted octanol–water partition coefficient (Wildman–Crippen LogP) is 1.82. The Morgan fingerprint density at radius 2 is 1.73 bits per heavy atom. The Bertz CT molecular complexity index is 949. The maximum atomic E-state index is 11.9. The van der Waals surface area contributed by atoms with Gasteiger partial charge in [0.2, 0.25) is 0 Å². The van der Waals surface area contributed by atoms with Crippen LogP contribution >= 0.6 is 0 Å². The van der Waals surface area contributed by atoms with E-state index in [1.54, 1.807) is 0 Å². The van der Waals surface area contributed by atoms with Gasteiger partial charge in [0.1, 0.15) is 6.33 Å². The SMILES string of the molecule is O=C(NCCO)n1cnc(-c2ccc(N3CCN(Cc4ccccc4)CC3)cc2)n1. The fourth-order valence-corrected chi connectivity index (χ4v) is 3.56. The second-order valence-corrected chi connectivity index (χ2v) is 7.26. The molecular formula is C22H26N6O2. The van der Waals surface area contributed by atoms with Crippen LogP contribution in [0, 0.1) is 0 Å². The lowest BCUT2D eigenvalue weighted by atomic mass is 10.1. The van der Waals surface area contributed by atoms with Crippen molar-refractivity contribution in [1.82, 2.24) is 25.0 Å². The molecule has 1 saturated heterocycles. The molecule has 30 heavy (non-hydrogen) atoms. The molecular weight excluding hydrogens is 380 g/mol. The normalized spacial score (nSPS) is 14.6. The van der Waals surface area contributed by atoms with Gasteiger partial charge in [0.15, 0.2) is 5.82 Å². The first-order valence-electron chi connectivity index (χ1n) is 10.2. The van der Waals surface area contributed by atoms with E-state index in [-0.39, 0.29) is 13.2 Å². The van der Waals surface area contributed by atoms with Crippen LogP contribution in [-0.4, -0.2) is 70.1 Å². The van der Waals surface area contributed by atoms with Crippen LogP contribution in [0.5, 0.6) is 0 Å². The molecule has 1 aliphatic rings. The average molecular weight is 406 g/mol. The maximum absolute atomic E-state index is 11.9. The predicted molar refractivity (Wildman–Crippen MR) is 115 cm³/mol. The number of aliphatic hydroxyl groups is 1. The molecule has 4 rings (SSSR count). The Hall–Kier alpha value is -3.23. The number of amides is 1. The van der Waals surface area contributed by atoms with Gasteiger partial charge in [-0.2, -0.15) is 4.68 Å². The molecule has 2 N–H and O–H groups in total. The van der Waals surface area contributed by atoms with E-state index >= 15 is 0 Å². The number of aliphatic hydroxyl groups excluding tert-OH is 1. The fraction of sp³-hybridized carbons (Fsp3) is 0.318. The zero-order chi connectivity index (χ0) is 20.8. The van der Waals surface area contributed by atoms with Crippen molar-refractivity contribution in [2.75, 3.05) is 44.2 Å². The molecule has 0 saturated carbocycles. The molecule has 1 amide bonds. The third-order valence-electron chi connectivity index (χ3n) is 5.20. The van der Waals surface area contributed by atoms with E-state index in [9.17, 15) is 4.79 Å². The minimum absolute atomic E-state index is 0.116. The number of anilines is 1. The third-order valence-corrected chi connectivity index (χ3v) is 5.20. The Morgan fingerprint density at radius 3 is 2.43 bits per heavy atom. The van der Waals surface area contributed by atoms with Crippen LogP contribution in [0.3, 0.4) is 0 Å². The van der Waals surface area contributed by atoms with Gasteiger partial charge < -0.3 is 15.3 Å². The second kappa shape index (κ2) is 9.51. The number of aromatic nitrogens is 3.